The predicted molar refractivity (Wildman–Crippen MR) is 264 cm³/mol. The van der Waals surface area contributed by atoms with Crippen molar-refractivity contribution in [2.75, 3.05) is 29.2 Å². The summed E-state index contributed by atoms with van der Waals surface area (Å²) in [6.07, 6.45) is 9.50. The molecule has 4 saturated carbocycles. The van der Waals surface area contributed by atoms with Crippen LogP contribution in [0.2, 0.25) is 0 Å². The van der Waals surface area contributed by atoms with Crippen LogP contribution >= 0.6 is 0 Å². The molecule has 12 nitrogen and oxygen atoms in total. The number of rotatable bonds is 15. The summed E-state index contributed by atoms with van der Waals surface area (Å²) in [5.74, 6) is 0.553. The topological polar surface area (TPSA) is 161 Å². The molecule has 67 heavy (non-hydrogen) atoms. The first-order chi connectivity index (χ1) is 31.7. The maximum absolute atomic E-state index is 13.5. The van der Waals surface area contributed by atoms with Gasteiger partial charge >= 0.3 is 11.9 Å². The van der Waals surface area contributed by atoms with E-state index in [1.54, 1.807) is 24.3 Å². The van der Waals surface area contributed by atoms with Gasteiger partial charge in [0.15, 0.2) is 11.6 Å². The van der Waals surface area contributed by atoms with Crippen LogP contribution in [0.25, 0.3) is 18.2 Å². The second-order valence-electron chi connectivity index (χ2n) is 21.2. The van der Waals surface area contributed by atoms with E-state index in [4.69, 9.17) is 24.4 Å². The van der Waals surface area contributed by atoms with Crippen LogP contribution in [0.4, 0.5) is 34.9 Å². The number of aromatic nitrogens is 3. The summed E-state index contributed by atoms with van der Waals surface area (Å²) >= 11 is 0. The highest BCUT2D eigenvalue weighted by molar-refractivity contribution is 6.17. The number of carbonyl (C=O) groups excluding carboxylic acids is 4. The van der Waals surface area contributed by atoms with Crippen molar-refractivity contribution in [3.8, 4) is 0 Å². The number of esters is 2. The zero-order valence-corrected chi connectivity index (χ0v) is 40.5. The normalized spacial score (nSPS) is 24.4. The minimum Gasteiger partial charge on any atom is -0.462 e. The molecule has 4 unspecified atom stereocenters. The Labute approximate surface area is 394 Å². The first-order valence-corrected chi connectivity index (χ1v) is 23.6. The van der Waals surface area contributed by atoms with Crippen LogP contribution in [0, 0.1) is 45.3 Å². The Morgan fingerprint density at radius 2 is 0.896 bits per heavy atom. The van der Waals surface area contributed by atoms with E-state index in [0.717, 1.165) is 59.3 Å². The lowest BCUT2D eigenvalue weighted by Gasteiger charge is -2.31. The molecule has 4 aliphatic rings. The van der Waals surface area contributed by atoms with Crippen molar-refractivity contribution in [3.05, 3.63) is 106 Å². The van der Waals surface area contributed by atoms with E-state index in [-0.39, 0.29) is 93.5 Å². The average Bonchev–Trinajstić information content (AvgIpc) is 3.77. The molecular weight excluding hydrogens is 841 g/mol. The number of carbonyl (C=O) groups is 4. The van der Waals surface area contributed by atoms with E-state index < -0.39 is 11.9 Å². The van der Waals surface area contributed by atoms with Crippen molar-refractivity contribution in [1.82, 2.24) is 15.0 Å². The van der Waals surface area contributed by atoms with Gasteiger partial charge in [-0.3, -0.25) is 9.59 Å². The van der Waals surface area contributed by atoms with Crippen molar-refractivity contribution in [1.29, 1.82) is 0 Å². The highest BCUT2D eigenvalue weighted by atomic mass is 16.6. The fraction of sp³-hybridized carbons (Fsp3) is 0.436. The Morgan fingerprint density at radius 1 is 0.567 bits per heavy atom. The number of allylic oxidation sites excluding steroid dienone is 2. The van der Waals surface area contributed by atoms with Gasteiger partial charge in [-0.2, -0.15) is 15.0 Å². The molecule has 1 heterocycles. The van der Waals surface area contributed by atoms with Gasteiger partial charge in [0.25, 0.3) is 0 Å². The van der Waals surface area contributed by atoms with Gasteiger partial charge in [-0.15, -0.1) is 0 Å². The van der Waals surface area contributed by atoms with Crippen molar-refractivity contribution >= 4 is 76.6 Å². The van der Waals surface area contributed by atoms with Crippen LogP contribution in [-0.4, -0.2) is 51.7 Å². The van der Waals surface area contributed by atoms with Gasteiger partial charge in [-0.1, -0.05) is 106 Å². The third kappa shape index (κ3) is 9.07. The minimum absolute atomic E-state index is 0.0625. The molecule has 350 valence electrons. The van der Waals surface area contributed by atoms with Crippen molar-refractivity contribution in [2.45, 2.75) is 94.9 Å². The molecule has 0 aliphatic heterocycles. The maximum atomic E-state index is 13.5. The Bertz CT molecular complexity index is 2530. The first kappa shape index (κ1) is 47.1. The number of hydrogen-bond acceptors (Lipinski definition) is 12. The Morgan fingerprint density at radius 3 is 1.19 bits per heavy atom. The minimum atomic E-state index is -0.739. The molecule has 1 aromatic heterocycles. The van der Waals surface area contributed by atoms with Gasteiger partial charge in [0, 0.05) is 27.9 Å². The first-order valence-electron chi connectivity index (χ1n) is 23.6. The number of benzene rings is 3. The van der Waals surface area contributed by atoms with Gasteiger partial charge in [-0.05, 0) is 143 Å². The van der Waals surface area contributed by atoms with Gasteiger partial charge in [-0.25, -0.2) is 9.59 Å². The van der Waals surface area contributed by atoms with E-state index >= 15 is 0 Å². The van der Waals surface area contributed by atoms with Crippen LogP contribution in [0.15, 0.2) is 89.5 Å². The molecule has 3 aromatic carbocycles. The molecule has 0 spiro atoms. The zero-order valence-electron chi connectivity index (χ0n) is 40.5. The largest absolute Gasteiger partial charge is 0.462 e. The SMILES string of the molecule is CC(C)COC(=O)C(=Cc1ccc(Nc2nc(Nc3ccc(/C=C4\C(=O)C5(C)CCC4C5(C)C)cc3)nc(Nc3ccc(/C=C4\C(=O)C5(C)CCC4C5(C)C)cc3)n2)cc1)C(=O)OCC(C)C. The number of hydrogen-bond donors (Lipinski definition) is 3. The second-order valence-corrected chi connectivity index (χ2v) is 21.2. The molecule has 0 saturated heterocycles. The molecule has 4 bridgehead atoms. The Balaban J connectivity index is 1.04. The smallest absolute Gasteiger partial charge is 0.345 e. The van der Waals surface area contributed by atoms with Crippen LogP contribution in [-0.2, 0) is 28.7 Å². The van der Waals surface area contributed by atoms with E-state index in [2.05, 4.69) is 57.5 Å². The molecule has 4 aromatic rings. The number of ketones is 2. The van der Waals surface area contributed by atoms with Crippen LogP contribution in [0.3, 0.4) is 0 Å². The molecule has 4 fully saturated rings. The number of nitrogens with zero attached hydrogens (tertiary/aromatic N) is 3. The van der Waals surface area contributed by atoms with Crippen LogP contribution in [0.1, 0.15) is 112 Å². The van der Waals surface area contributed by atoms with E-state index in [9.17, 15) is 19.2 Å². The summed E-state index contributed by atoms with van der Waals surface area (Å²) in [5.41, 5.74) is 5.51. The molecule has 0 amide bonds. The van der Waals surface area contributed by atoms with Gasteiger partial charge in [0.2, 0.25) is 17.8 Å². The second kappa shape index (κ2) is 18.0. The highest BCUT2D eigenvalue weighted by Crippen LogP contribution is 2.67. The third-order valence-electron chi connectivity index (χ3n) is 15.4. The maximum Gasteiger partial charge on any atom is 0.345 e. The van der Waals surface area contributed by atoms with Gasteiger partial charge < -0.3 is 25.4 Å². The monoisotopic (exact) mass is 904 g/mol. The zero-order chi connectivity index (χ0) is 48.1. The molecule has 3 N–H and O–H groups in total. The van der Waals surface area contributed by atoms with Crippen molar-refractivity contribution in [2.24, 2.45) is 45.3 Å². The van der Waals surface area contributed by atoms with Crippen molar-refractivity contribution in [3.63, 3.8) is 0 Å². The molecule has 12 heteroatoms. The highest BCUT2D eigenvalue weighted by Gasteiger charge is 2.64. The fourth-order valence-electron chi connectivity index (χ4n) is 10.5. The van der Waals surface area contributed by atoms with Crippen LogP contribution < -0.4 is 16.0 Å². The quantitative estimate of drug-likeness (QED) is 0.0449. The number of Topliss-reactive ketones (excluding diaryl/α,β-unsaturated/α-hetero) is 2. The Hall–Kier alpha value is -6.43. The fourth-order valence-corrected chi connectivity index (χ4v) is 10.5. The summed E-state index contributed by atoms with van der Waals surface area (Å²) in [7, 11) is 0. The predicted octanol–water partition coefficient (Wildman–Crippen LogP) is 11.7. The summed E-state index contributed by atoms with van der Waals surface area (Å²) < 4.78 is 10.8. The van der Waals surface area contributed by atoms with E-state index in [0.29, 0.717) is 11.3 Å². The number of nitrogens with one attached hydrogen (secondary N) is 3. The third-order valence-corrected chi connectivity index (χ3v) is 15.4. The Kier molecular flexibility index (Phi) is 12.6. The van der Waals surface area contributed by atoms with Gasteiger partial charge in [0.1, 0.15) is 5.57 Å². The lowest BCUT2D eigenvalue weighted by Crippen LogP contribution is -2.32. The molecule has 4 aliphatic carbocycles. The van der Waals surface area contributed by atoms with Crippen LogP contribution in [0.5, 0.6) is 0 Å². The number of anilines is 6. The van der Waals surface area contributed by atoms with Crippen molar-refractivity contribution < 1.29 is 28.7 Å². The molecule has 4 atom stereocenters. The summed E-state index contributed by atoms with van der Waals surface area (Å²) in [4.78, 5) is 67.2. The standard InChI is InChI=1S/C55H64N6O6/c1-32(2)30-66-47(64)42(48(65)67-31-33(3)4)29-36-15-21-39(22-16-36)58-51-60-49(56-37-17-11-34(12-18-37)27-40-43-23-25-54(9,45(40)62)52(43,5)6)59-50(61-51)57-38-19-13-35(14-20-38)28-41-44-24-26-55(10,46(41)63)53(44,7)8/h11-22,27-29,32-33,43-44H,23-26,30-31H2,1-10H3,(H3,56,57,58,59,60,61)/b40-27-,41-28-. The van der Waals surface area contributed by atoms with E-state index in [1.807, 2.05) is 88.4 Å². The summed E-state index contributed by atoms with van der Waals surface area (Å²) in [5, 5.41) is 9.93. The summed E-state index contributed by atoms with van der Waals surface area (Å²) in [6, 6.07) is 22.8. The van der Waals surface area contributed by atoms with E-state index in [1.165, 1.54) is 6.08 Å². The number of fused-ring (bicyclic) bond motifs is 4. The number of ether oxygens (including phenoxy) is 2. The molecular formula is C55H64N6O6. The lowest BCUT2D eigenvalue weighted by molar-refractivity contribution is -0.148. The summed E-state index contributed by atoms with van der Waals surface area (Å²) in [6.45, 7) is 21.2. The average molecular weight is 905 g/mol. The van der Waals surface area contributed by atoms with Gasteiger partial charge in [0.05, 0.1) is 13.2 Å². The molecule has 0 radical (unpaired) electrons. The lowest BCUT2D eigenvalue weighted by atomic mass is 9.70. The molecule has 8 rings (SSSR count).